The lowest BCUT2D eigenvalue weighted by Gasteiger charge is -2.59. The van der Waals surface area contributed by atoms with Gasteiger partial charge in [0, 0.05) is 12.1 Å². The van der Waals surface area contributed by atoms with Crippen LogP contribution in [-0.2, 0) is 4.79 Å². The van der Waals surface area contributed by atoms with Crippen molar-refractivity contribution in [2.45, 2.75) is 44.2 Å². The van der Waals surface area contributed by atoms with Crippen LogP contribution in [0.4, 0.5) is 0 Å². The summed E-state index contributed by atoms with van der Waals surface area (Å²) in [5.41, 5.74) is 5.82. The fraction of sp³-hybridized carbons (Fsp3) is 0.889. The molecule has 2 rings (SSSR count). The maximum absolute atomic E-state index is 11.5. The molecule has 1 aliphatic carbocycles. The Morgan fingerprint density at radius 3 is 2.31 bits per heavy atom. The highest BCUT2D eigenvalue weighted by Gasteiger charge is 2.51. The van der Waals surface area contributed by atoms with Gasteiger partial charge >= 0.3 is 0 Å². The largest absolute Gasteiger partial charge is 0.336 e. The molecule has 1 amide bonds. The summed E-state index contributed by atoms with van der Waals surface area (Å²) < 4.78 is 0. The number of hydrogen-bond donors (Lipinski definition) is 1. The Morgan fingerprint density at radius 1 is 1.46 bits per heavy atom. The van der Waals surface area contributed by atoms with Gasteiger partial charge in [0.15, 0.2) is 0 Å². The van der Waals surface area contributed by atoms with Gasteiger partial charge in [0.2, 0.25) is 5.91 Å². The number of nitrogens with zero attached hydrogens (tertiary/aromatic N) is 1. The van der Waals surface area contributed by atoms with Crippen LogP contribution < -0.4 is 5.73 Å². The molecule has 1 heterocycles. The molecule has 1 atom stereocenters. The van der Waals surface area contributed by atoms with Gasteiger partial charge in [-0.05, 0) is 32.6 Å². The SMILES string of the molecule is CC(N)C(=O)N1CCC12CCC2.Cl. The highest BCUT2D eigenvalue weighted by molar-refractivity contribution is 5.85. The van der Waals surface area contributed by atoms with E-state index in [9.17, 15) is 4.79 Å². The van der Waals surface area contributed by atoms with Crippen molar-refractivity contribution in [1.82, 2.24) is 4.90 Å². The fourth-order valence-corrected chi connectivity index (χ4v) is 2.23. The summed E-state index contributed by atoms with van der Waals surface area (Å²) in [5, 5.41) is 0. The third-order valence-corrected chi connectivity index (χ3v) is 3.31. The molecule has 1 saturated heterocycles. The van der Waals surface area contributed by atoms with Gasteiger partial charge in [0.1, 0.15) is 0 Å². The molecule has 3 nitrogen and oxygen atoms in total. The molecule has 2 N–H and O–H groups in total. The van der Waals surface area contributed by atoms with E-state index < -0.39 is 0 Å². The number of halogens is 1. The first-order valence-corrected chi connectivity index (χ1v) is 4.73. The van der Waals surface area contributed by atoms with Crippen LogP contribution in [0.15, 0.2) is 0 Å². The second kappa shape index (κ2) is 3.46. The normalized spacial score (nSPS) is 25.5. The number of hydrogen-bond acceptors (Lipinski definition) is 2. The molecule has 1 saturated carbocycles. The fourth-order valence-electron chi connectivity index (χ4n) is 2.23. The molecular weight excluding hydrogens is 188 g/mol. The molecule has 0 aromatic heterocycles. The summed E-state index contributed by atoms with van der Waals surface area (Å²) in [6.45, 7) is 2.70. The van der Waals surface area contributed by atoms with Crippen molar-refractivity contribution in [3.8, 4) is 0 Å². The minimum atomic E-state index is -0.317. The average molecular weight is 205 g/mol. The van der Waals surface area contributed by atoms with Crippen LogP contribution in [0.25, 0.3) is 0 Å². The summed E-state index contributed by atoms with van der Waals surface area (Å²) in [5.74, 6) is 0.140. The van der Waals surface area contributed by atoms with Crippen molar-refractivity contribution in [1.29, 1.82) is 0 Å². The first-order valence-electron chi connectivity index (χ1n) is 4.73. The Bertz CT molecular complexity index is 208. The molecule has 13 heavy (non-hydrogen) atoms. The van der Waals surface area contributed by atoms with Gasteiger partial charge in [-0.25, -0.2) is 0 Å². The molecule has 1 aliphatic heterocycles. The third kappa shape index (κ3) is 1.44. The lowest BCUT2D eigenvalue weighted by Crippen LogP contribution is -2.67. The van der Waals surface area contributed by atoms with Gasteiger partial charge in [0.25, 0.3) is 0 Å². The predicted molar refractivity (Wildman–Crippen MR) is 53.8 cm³/mol. The molecule has 0 radical (unpaired) electrons. The first kappa shape index (κ1) is 10.8. The zero-order chi connectivity index (χ0) is 8.77. The van der Waals surface area contributed by atoms with Crippen LogP contribution in [0, 0.1) is 0 Å². The maximum Gasteiger partial charge on any atom is 0.239 e. The summed E-state index contributed by atoms with van der Waals surface area (Å²) in [7, 11) is 0. The zero-order valence-electron chi connectivity index (χ0n) is 7.95. The number of likely N-dealkylation sites (tertiary alicyclic amines) is 1. The Kier molecular flexibility index (Phi) is 2.88. The molecule has 0 bridgehead atoms. The molecule has 1 spiro atoms. The number of carbonyl (C=O) groups is 1. The molecule has 1 unspecified atom stereocenters. The number of carbonyl (C=O) groups excluding carboxylic acids is 1. The quantitative estimate of drug-likeness (QED) is 0.690. The van der Waals surface area contributed by atoms with E-state index in [1.165, 1.54) is 25.7 Å². The minimum absolute atomic E-state index is 0. The predicted octanol–water partition coefficient (Wildman–Crippen LogP) is 0.910. The smallest absolute Gasteiger partial charge is 0.239 e. The monoisotopic (exact) mass is 204 g/mol. The molecular formula is C9H17ClN2O. The van der Waals surface area contributed by atoms with E-state index in [1.54, 1.807) is 6.92 Å². The van der Waals surface area contributed by atoms with Crippen molar-refractivity contribution in [3.63, 3.8) is 0 Å². The third-order valence-electron chi connectivity index (χ3n) is 3.31. The highest BCUT2D eigenvalue weighted by atomic mass is 35.5. The van der Waals surface area contributed by atoms with Crippen molar-refractivity contribution in [2.75, 3.05) is 6.54 Å². The van der Waals surface area contributed by atoms with Crippen molar-refractivity contribution in [2.24, 2.45) is 5.73 Å². The number of amides is 1. The average Bonchev–Trinajstić information content (AvgIpc) is 1.81. The van der Waals surface area contributed by atoms with Crippen LogP contribution in [0.5, 0.6) is 0 Å². The van der Waals surface area contributed by atoms with Crippen LogP contribution in [-0.4, -0.2) is 28.9 Å². The van der Waals surface area contributed by atoms with Gasteiger partial charge in [0.05, 0.1) is 6.04 Å². The topological polar surface area (TPSA) is 46.3 Å². The van der Waals surface area contributed by atoms with Gasteiger partial charge in [-0.3, -0.25) is 4.79 Å². The van der Waals surface area contributed by atoms with Crippen LogP contribution in [0.1, 0.15) is 32.6 Å². The van der Waals surface area contributed by atoms with E-state index in [0.29, 0.717) is 0 Å². The van der Waals surface area contributed by atoms with E-state index in [-0.39, 0.29) is 29.9 Å². The summed E-state index contributed by atoms with van der Waals surface area (Å²) in [6, 6.07) is -0.317. The summed E-state index contributed by atoms with van der Waals surface area (Å²) in [6.07, 6.45) is 4.88. The van der Waals surface area contributed by atoms with Crippen molar-refractivity contribution in [3.05, 3.63) is 0 Å². The highest BCUT2D eigenvalue weighted by Crippen LogP contribution is 2.47. The lowest BCUT2D eigenvalue weighted by atomic mass is 9.67. The Labute approximate surface area is 85.1 Å². The number of rotatable bonds is 1. The van der Waals surface area contributed by atoms with E-state index in [2.05, 4.69) is 0 Å². The summed E-state index contributed by atoms with van der Waals surface area (Å²) in [4.78, 5) is 13.5. The molecule has 2 fully saturated rings. The Morgan fingerprint density at radius 2 is 2.08 bits per heavy atom. The maximum atomic E-state index is 11.5. The van der Waals surface area contributed by atoms with Gasteiger partial charge in [-0.1, -0.05) is 0 Å². The molecule has 0 aromatic carbocycles. The summed E-state index contributed by atoms with van der Waals surface area (Å²) >= 11 is 0. The van der Waals surface area contributed by atoms with E-state index in [0.717, 1.165) is 6.54 Å². The zero-order valence-corrected chi connectivity index (χ0v) is 8.77. The van der Waals surface area contributed by atoms with E-state index in [4.69, 9.17) is 5.73 Å². The Balaban J connectivity index is 0.000000845. The minimum Gasteiger partial charge on any atom is -0.336 e. The standard InChI is InChI=1S/C9H16N2O.ClH/c1-7(10)8(12)11-6-5-9(11)3-2-4-9;/h7H,2-6,10H2,1H3;1H. The molecule has 76 valence electrons. The second-order valence-corrected chi connectivity index (χ2v) is 4.11. The number of nitrogens with two attached hydrogens (primary N) is 1. The van der Waals surface area contributed by atoms with Crippen LogP contribution >= 0.6 is 12.4 Å². The van der Waals surface area contributed by atoms with Crippen LogP contribution in [0.3, 0.4) is 0 Å². The molecule has 0 aromatic rings. The van der Waals surface area contributed by atoms with E-state index >= 15 is 0 Å². The lowest BCUT2D eigenvalue weighted by molar-refractivity contribution is -0.156. The first-order chi connectivity index (χ1) is 5.66. The van der Waals surface area contributed by atoms with Gasteiger partial charge in [-0.15, -0.1) is 12.4 Å². The van der Waals surface area contributed by atoms with Gasteiger partial charge in [-0.2, -0.15) is 0 Å². The van der Waals surface area contributed by atoms with Crippen molar-refractivity contribution >= 4 is 18.3 Å². The van der Waals surface area contributed by atoms with Crippen LogP contribution in [0.2, 0.25) is 0 Å². The van der Waals surface area contributed by atoms with E-state index in [1.807, 2.05) is 4.90 Å². The van der Waals surface area contributed by atoms with Crippen molar-refractivity contribution < 1.29 is 4.79 Å². The molecule has 4 heteroatoms. The Hall–Kier alpha value is -0.280. The van der Waals surface area contributed by atoms with Gasteiger partial charge < -0.3 is 10.6 Å². The second-order valence-electron chi connectivity index (χ2n) is 4.11. The molecule has 2 aliphatic rings.